The molecule has 0 saturated carbocycles. The van der Waals surface area contributed by atoms with Crippen LogP contribution in [0.2, 0.25) is 0 Å². The number of carbonyl (C=O) groups excluding carboxylic acids is 1. The minimum atomic E-state index is -0.0512. The van der Waals surface area contributed by atoms with Crippen molar-refractivity contribution >= 4 is 43.6 Å². The van der Waals surface area contributed by atoms with E-state index in [0.717, 1.165) is 57.3 Å². The highest BCUT2D eigenvalue weighted by molar-refractivity contribution is 7.22. The molecule has 2 aromatic heterocycles. The summed E-state index contributed by atoms with van der Waals surface area (Å²) < 4.78 is 6.41. The van der Waals surface area contributed by atoms with Crippen LogP contribution in [0.25, 0.3) is 21.3 Å². The number of methoxy groups -OCH3 is 1. The lowest BCUT2D eigenvalue weighted by Gasteiger charge is -2.31. The predicted octanol–water partition coefficient (Wildman–Crippen LogP) is 3.71. The summed E-state index contributed by atoms with van der Waals surface area (Å²) in [6.07, 6.45) is 1.86. The van der Waals surface area contributed by atoms with E-state index in [9.17, 15) is 4.79 Å². The molecular weight excluding hydrogens is 398 g/mol. The Morgan fingerprint density at radius 1 is 1.27 bits per heavy atom. The number of aromatic amines is 1. The smallest absolute Gasteiger partial charge is 0.225 e. The van der Waals surface area contributed by atoms with Gasteiger partial charge in [-0.1, -0.05) is 23.5 Å². The molecule has 3 heterocycles. The average molecular weight is 422 g/mol. The van der Waals surface area contributed by atoms with Gasteiger partial charge in [0, 0.05) is 13.1 Å². The second-order valence-corrected chi connectivity index (χ2v) is 8.54. The van der Waals surface area contributed by atoms with Gasteiger partial charge < -0.3 is 19.9 Å². The van der Waals surface area contributed by atoms with E-state index in [1.165, 1.54) is 0 Å². The lowest BCUT2D eigenvalue weighted by Crippen LogP contribution is -2.43. The number of nitrogens with zero attached hydrogens (tertiary/aromatic N) is 3. The van der Waals surface area contributed by atoms with Gasteiger partial charge in [0.25, 0.3) is 0 Å². The maximum absolute atomic E-state index is 12.8. The SMILES string of the molecule is COc1ccc2nc(N3CCCC(C(=O)NCc4nc5ccccc5[nH]4)C3)sc2c1. The van der Waals surface area contributed by atoms with Gasteiger partial charge in [0.15, 0.2) is 5.13 Å². The zero-order valence-corrected chi connectivity index (χ0v) is 17.5. The Bertz CT molecular complexity index is 1170. The molecule has 0 spiro atoms. The molecule has 1 unspecified atom stereocenters. The van der Waals surface area contributed by atoms with Gasteiger partial charge in [-0.15, -0.1) is 0 Å². The monoisotopic (exact) mass is 421 g/mol. The Hall–Kier alpha value is -3.13. The van der Waals surface area contributed by atoms with Crippen LogP contribution in [0.3, 0.4) is 0 Å². The lowest BCUT2D eigenvalue weighted by atomic mass is 9.97. The highest BCUT2D eigenvalue weighted by atomic mass is 32.1. The molecule has 2 N–H and O–H groups in total. The van der Waals surface area contributed by atoms with Crippen molar-refractivity contribution in [1.29, 1.82) is 0 Å². The van der Waals surface area contributed by atoms with E-state index in [1.807, 2.05) is 42.5 Å². The highest BCUT2D eigenvalue weighted by Crippen LogP contribution is 2.33. The summed E-state index contributed by atoms with van der Waals surface area (Å²) in [7, 11) is 1.67. The number of benzene rings is 2. The first-order valence-electron chi connectivity index (χ1n) is 10.1. The molecule has 0 aliphatic carbocycles. The average Bonchev–Trinajstić information content (AvgIpc) is 3.40. The van der Waals surface area contributed by atoms with E-state index in [-0.39, 0.29) is 11.8 Å². The topological polar surface area (TPSA) is 83.1 Å². The number of H-pyrrole nitrogens is 1. The largest absolute Gasteiger partial charge is 0.497 e. The Kier molecular flexibility index (Phi) is 5.00. The third-order valence-electron chi connectivity index (χ3n) is 5.52. The van der Waals surface area contributed by atoms with E-state index in [0.29, 0.717) is 13.1 Å². The number of amides is 1. The molecular formula is C22H23N5O2S. The van der Waals surface area contributed by atoms with Gasteiger partial charge in [-0.05, 0) is 43.2 Å². The molecule has 1 fully saturated rings. The number of hydrogen-bond acceptors (Lipinski definition) is 6. The van der Waals surface area contributed by atoms with Crippen molar-refractivity contribution < 1.29 is 9.53 Å². The first kappa shape index (κ1) is 18.9. The fraction of sp³-hybridized carbons (Fsp3) is 0.318. The van der Waals surface area contributed by atoms with E-state index < -0.39 is 0 Å². The third kappa shape index (κ3) is 3.70. The summed E-state index contributed by atoms with van der Waals surface area (Å²) >= 11 is 1.65. The maximum atomic E-state index is 12.8. The minimum absolute atomic E-state index is 0.0512. The molecule has 4 aromatic rings. The maximum Gasteiger partial charge on any atom is 0.225 e. The molecule has 0 radical (unpaired) electrons. The molecule has 1 aliphatic heterocycles. The molecule has 5 rings (SSSR count). The molecule has 30 heavy (non-hydrogen) atoms. The number of anilines is 1. The highest BCUT2D eigenvalue weighted by Gasteiger charge is 2.27. The van der Waals surface area contributed by atoms with Crippen LogP contribution in [-0.4, -0.2) is 41.1 Å². The molecule has 0 bridgehead atoms. The first-order valence-corrected chi connectivity index (χ1v) is 10.9. The molecule has 2 aromatic carbocycles. The number of carbonyl (C=O) groups is 1. The minimum Gasteiger partial charge on any atom is -0.497 e. The van der Waals surface area contributed by atoms with Gasteiger partial charge in [-0.2, -0.15) is 0 Å². The number of piperidine rings is 1. The number of nitrogens with one attached hydrogen (secondary N) is 2. The summed E-state index contributed by atoms with van der Waals surface area (Å²) in [5.74, 6) is 1.63. The van der Waals surface area contributed by atoms with Crippen molar-refractivity contribution in [3.63, 3.8) is 0 Å². The van der Waals surface area contributed by atoms with Crippen molar-refractivity contribution in [2.24, 2.45) is 5.92 Å². The van der Waals surface area contributed by atoms with Gasteiger partial charge in [-0.25, -0.2) is 9.97 Å². The van der Waals surface area contributed by atoms with Crippen LogP contribution in [0.15, 0.2) is 42.5 Å². The molecule has 1 amide bonds. The number of para-hydroxylation sites is 2. The first-order chi connectivity index (χ1) is 14.7. The summed E-state index contributed by atoms with van der Waals surface area (Å²) in [5.41, 5.74) is 2.86. The van der Waals surface area contributed by atoms with E-state index in [2.05, 4.69) is 20.2 Å². The third-order valence-corrected chi connectivity index (χ3v) is 6.59. The summed E-state index contributed by atoms with van der Waals surface area (Å²) in [4.78, 5) is 27.6. The number of ether oxygens (including phenoxy) is 1. The Morgan fingerprint density at radius 2 is 2.17 bits per heavy atom. The van der Waals surface area contributed by atoms with Crippen LogP contribution >= 0.6 is 11.3 Å². The summed E-state index contributed by atoms with van der Waals surface area (Å²) in [6, 6.07) is 13.8. The quantitative estimate of drug-likeness (QED) is 0.513. The number of fused-ring (bicyclic) bond motifs is 2. The van der Waals surface area contributed by atoms with Crippen LogP contribution in [0.4, 0.5) is 5.13 Å². The fourth-order valence-electron chi connectivity index (χ4n) is 3.92. The zero-order chi connectivity index (χ0) is 20.5. The number of hydrogen-bond donors (Lipinski definition) is 2. The molecule has 7 nitrogen and oxygen atoms in total. The zero-order valence-electron chi connectivity index (χ0n) is 16.7. The number of thiazole rings is 1. The second kappa shape index (κ2) is 7.95. The van der Waals surface area contributed by atoms with Crippen LogP contribution < -0.4 is 15.0 Å². The van der Waals surface area contributed by atoms with Crippen LogP contribution in [0.5, 0.6) is 5.75 Å². The Morgan fingerprint density at radius 3 is 3.03 bits per heavy atom. The van der Waals surface area contributed by atoms with Gasteiger partial charge >= 0.3 is 0 Å². The predicted molar refractivity (Wildman–Crippen MR) is 119 cm³/mol. The molecule has 1 saturated heterocycles. The van der Waals surface area contributed by atoms with Crippen molar-refractivity contribution in [2.75, 3.05) is 25.1 Å². The Balaban J connectivity index is 1.24. The van der Waals surface area contributed by atoms with Gasteiger partial charge in [0.2, 0.25) is 5.91 Å². The fourth-order valence-corrected chi connectivity index (χ4v) is 4.95. The van der Waals surface area contributed by atoms with Crippen LogP contribution in [-0.2, 0) is 11.3 Å². The number of imidazole rings is 1. The lowest BCUT2D eigenvalue weighted by molar-refractivity contribution is -0.125. The second-order valence-electron chi connectivity index (χ2n) is 7.53. The number of aromatic nitrogens is 3. The molecule has 1 atom stereocenters. The van der Waals surface area contributed by atoms with Crippen molar-refractivity contribution in [2.45, 2.75) is 19.4 Å². The van der Waals surface area contributed by atoms with Crippen molar-refractivity contribution in [3.05, 3.63) is 48.3 Å². The molecule has 154 valence electrons. The van der Waals surface area contributed by atoms with Crippen molar-refractivity contribution in [3.8, 4) is 5.75 Å². The van der Waals surface area contributed by atoms with E-state index in [4.69, 9.17) is 9.72 Å². The van der Waals surface area contributed by atoms with Gasteiger partial charge in [-0.3, -0.25) is 4.79 Å². The molecule has 1 aliphatic rings. The summed E-state index contributed by atoms with van der Waals surface area (Å²) in [5, 5.41) is 4.02. The van der Waals surface area contributed by atoms with E-state index >= 15 is 0 Å². The van der Waals surface area contributed by atoms with Gasteiger partial charge in [0.1, 0.15) is 11.6 Å². The standard InChI is InChI=1S/C22H23N5O2S/c1-29-15-8-9-18-19(11-15)30-22(26-18)27-10-4-5-14(13-27)21(28)23-12-20-24-16-6-2-3-7-17(16)25-20/h2-3,6-9,11,14H,4-5,10,12-13H2,1H3,(H,23,28)(H,24,25). The Labute approximate surface area is 178 Å². The summed E-state index contributed by atoms with van der Waals surface area (Å²) in [6.45, 7) is 2.01. The molecule has 8 heteroatoms. The van der Waals surface area contributed by atoms with Gasteiger partial charge in [0.05, 0.1) is 40.8 Å². The van der Waals surface area contributed by atoms with Crippen LogP contribution in [0, 0.1) is 5.92 Å². The number of rotatable bonds is 5. The van der Waals surface area contributed by atoms with Crippen molar-refractivity contribution in [1.82, 2.24) is 20.3 Å². The normalized spacial score (nSPS) is 16.8. The van der Waals surface area contributed by atoms with E-state index in [1.54, 1.807) is 18.4 Å². The van der Waals surface area contributed by atoms with Crippen LogP contribution in [0.1, 0.15) is 18.7 Å².